The maximum atomic E-state index is 11.4. The van der Waals surface area contributed by atoms with Crippen LogP contribution in [0.5, 0.6) is 0 Å². The summed E-state index contributed by atoms with van der Waals surface area (Å²) in [6, 6.07) is 9.90. The van der Waals surface area contributed by atoms with Crippen LogP contribution < -0.4 is 5.32 Å². The van der Waals surface area contributed by atoms with Crippen LogP contribution in [-0.2, 0) is 4.79 Å². The minimum Gasteiger partial charge on any atom is -0.351 e. The Labute approximate surface area is 87.4 Å². The van der Waals surface area contributed by atoms with Gasteiger partial charge in [0, 0.05) is 12.3 Å². The van der Waals surface area contributed by atoms with Crippen LogP contribution in [-0.4, -0.2) is 18.2 Å². The molecule has 1 aromatic rings. The molecule has 1 fully saturated rings. The fourth-order valence-corrected chi connectivity index (χ4v) is 2.13. The minimum atomic E-state index is 0.0464. The molecule has 1 heterocycles. The summed E-state index contributed by atoms with van der Waals surface area (Å²) in [7, 11) is 0. The molecule has 1 saturated heterocycles. The van der Waals surface area contributed by atoms with Gasteiger partial charge < -0.3 is 5.32 Å². The number of hydrogen-bond donors (Lipinski definition) is 1. The van der Waals surface area contributed by atoms with Crippen LogP contribution in [0.2, 0.25) is 0 Å². The lowest BCUT2D eigenvalue weighted by Gasteiger charge is -2.13. The van der Waals surface area contributed by atoms with Crippen molar-refractivity contribution in [1.29, 1.82) is 0 Å². The smallest absolute Gasteiger partial charge is 0.257 e. The Morgan fingerprint density at radius 2 is 2.07 bits per heavy atom. The van der Waals surface area contributed by atoms with E-state index < -0.39 is 0 Å². The predicted molar refractivity (Wildman–Crippen MR) is 59.9 cm³/mol. The Kier molecular flexibility index (Phi) is 2.89. The fraction of sp³-hybridized carbons (Fsp3) is 0.182. The fourth-order valence-electron chi connectivity index (χ4n) is 1.29. The molecule has 2 nitrogen and oxygen atoms in total. The molecule has 1 amide bonds. The summed E-state index contributed by atoms with van der Waals surface area (Å²) < 4.78 is 0. The number of amides is 1. The van der Waals surface area contributed by atoms with Gasteiger partial charge in [0.15, 0.2) is 0 Å². The Morgan fingerprint density at radius 1 is 1.29 bits per heavy atom. The Balaban J connectivity index is 2.21. The molecule has 0 atom stereocenters. The normalized spacial score (nSPS) is 19.4. The summed E-state index contributed by atoms with van der Waals surface area (Å²) >= 11 is 1.62. The highest BCUT2D eigenvalue weighted by Gasteiger charge is 2.14. The van der Waals surface area contributed by atoms with E-state index in [0.717, 1.165) is 22.8 Å². The lowest BCUT2D eigenvalue weighted by atomic mass is 10.2. The Bertz CT molecular complexity index is 359. The van der Waals surface area contributed by atoms with E-state index in [1.165, 1.54) is 0 Å². The van der Waals surface area contributed by atoms with Gasteiger partial charge in [-0.15, -0.1) is 11.8 Å². The first kappa shape index (κ1) is 9.34. The van der Waals surface area contributed by atoms with Crippen molar-refractivity contribution in [2.45, 2.75) is 0 Å². The topological polar surface area (TPSA) is 29.1 Å². The molecule has 0 bridgehead atoms. The zero-order valence-corrected chi connectivity index (χ0v) is 8.51. The number of benzene rings is 1. The second-order valence-corrected chi connectivity index (χ2v) is 4.16. The maximum Gasteiger partial charge on any atom is 0.257 e. The van der Waals surface area contributed by atoms with Gasteiger partial charge in [-0.2, -0.15) is 0 Å². The second kappa shape index (κ2) is 4.33. The average molecular weight is 205 g/mol. The van der Waals surface area contributed by atoms with Gasteiger partial charge in [0.05, 0.1) is 4.91 Å². The van der Waals surface area contributed by atoms with Gasteiger partial charge in [-0.1, -0.05) is 30.3 Å². The Hall–Kier alpha value is -1.22. The van der Waals surface area contributed by atoms with E-state index in [-0.39, 0.29) is 5.91 Å². The molecule has 3 heteroatoms. The van der Waals surface area contributed by atoms with Crippen molar-refractivity contribution in [2.24, 2.45) is 0 Å². The molecule has 0 saturated carbocycles. The van der Waals surface area contributed by atoms with E-state index in [2.05, 4.69) is 5.32 Å². The SMILES string of the molecule is O=C1NCCS/C1=C\c1ccccc1. The third-order valence-corrected chi connectivity index (χ3v) is 2.99. The zero-order valence-electron chi connectivity index (χ0n) is 7.69. The second-order valence-electron chi connectivity index (χ2n) is 3.02. The predicted octanol–water partition coefficient (Wildman–Crippen LogP) is 1.89. The molecular formula is C11H11NOS. The number of carbonyl (C=O) groups excluding carboxylic acids is 1. The van der Waals surface area contributed by atoms with Crippen molar-refractivity contribution >= 4 is 23.7 Å². The highest BCUT2D eigenvalue weighted by atomic mass is 32.2. The molecule has 1 aromatic carbocycles. The van der Waals surface area contributed by atoms with E-state index in [9.17, 15) is 4.79 Å². The molecule has 0 aliphatic carbocycles. The Morgan fingerprint density at radius 3 is 2.79 bits per heavy atom. The van der Waals surface area contributed by atoms with Crippen molar-refractivity contribution in [3.63, 3.8) is 0 Å². The summed E-state index contributed by atoms with van der Waals surface area (Å²) in [5.74, 6) is 1.01. The van der Waals surface area contributed by atoms with Gasteiger partial charge >= 0.3 is 0 Å². The van der Waals surface area contributed by atoms with Crippen LogP contribution in [0.3, 0.4) is 0 Å². The zero-order chi connectivity index (χ0) is 9.80. The van der Waals surface area contributed by atoms with Crippen LogP contribution in [0.1, 0.15) is 5.56 Å². The summed E-state index contributed by atoms with van der Waals surface area (Å²) in [6.45, 7) is 0.773. The summed E-state index contributed by atoms with van der Waals surface area (Å²) in [6.07, 6.45) is 1.93. The monoisotopic (exact) mass is 205 g/mol. The van der Waals surface area contributed by atoms with Crippen LogP contribution in [0.25, 0.3) is 6.08 Å². The van der Waals surface area contributed by atoms with Crippen LogP contribution in [0.4, 0.5) is 0 Å². The van der Waals surface area contributed by atoms with Gasteiger partial charge in [0.25, 0.3) is 5.91 Å². The molecule has 0 spiro atoms. The van der Waals surface area contributed by atoms with Crippen LogP contribution in [0.15, 0.2) is 35.2 Å². The van der Waals surface area contributed by atoms with E-state index in [0.29, 0.717) is 0 Å². The van der Waals surface area contributed by atoms with E-state index >= 15 is 0 Å². The molecule has 1 N–H and O–H groups in total. The number of carbonyl (C=O) groups is 1. The number of hydrogen-bond acceptors (Lipinski definition) is 2. The standard InChI is InChI=1S/C11H11NOS/c13-11-10(14-7-6-12-11)8-9-4-2-1-3-5-9/h1-5,8H,6-7H2,(H,12,13)/b10-8-. The summed E-state index contributed by atoms with van der Waals surface area (Å²) in [5.41, 5.74) is 1.08. The third-order valence-electron chi connectivity index (χ3n) is 1.97. The van der Waals surface area contributed by atoms with Crippen molar-refractivity contribution in [1.82, 2.24) is 5.32 Å². The van der Waals surface area contributed by atoms with E-state index in [1.54, 1.807) is 11.8 Å². The van der Waals surface area contributed by atoms with Crippen LogP contribution in [0, 0.1) is 0 Å². The van der Waals surface area contributed by atoms with Gasteiger partial charge in [-0.05, 0) is 11.6 Å². The molecule has 72 valence electrons. The minimum absolute atomic E-state index is 0.0464. The van der Waals surface area contributed by atoms with Gasteiger partial charge in [0.1, 0.15) is 0 Å². The lowest BCUT2D eigenvalue weighted by molar-refractivity contribution is -0.116. The highest BCUT2D eigenvalue weighted by Crippen LogP contribution is 2.21. The number of rotatable bonds is 1. The first-order valence-electron chi connectivity index (χ1n) is 4.54. The number of thioether (sulfide) groups is 1. The highest BCUT2D eigenvalue weighted by molar-refractivity contribution is 8.04. The average Bonchev–Trinajstić information content (AvgIpc) is 2.23. The molecular weight excluding hydrogens is 194 g/mol. The van der Waals surface area contributed by atoms with Crippen molar-refractivity contribution < 1.29 is 4.79 Å². The van der Waals surface area contributed by atoms with Gasteiger partial charge in [-0.25, -0.2) is 0 Å². The molecule has 2 rings (SSSR count). The lowest BCUT2D eigenvalue weighted by Crippen LogP contribution is -2.30. The molecule has 0 unspecified atom stereocenters. The molecule has 14 heavy (non-hydrogen) atoms. The molecule has 1 aliphatic heterocycles. The maximum absolute atomic E-state index is 11.4. The first-order valence-corrected chi connectivity index (χ1v) is 5.52. The van der Waals surface area contributed by atoms with E-state index in [1.807, 2.05) is 36.4 Å². The molecule has 0 radical (unpaired) electrons. The van der Waals surface area contributed by atoms with Gasteiger partial charge in [-0.3, -0.25) is 4.79 Å². The summed E-state index contributed by atoms with van der Waals surface area (Å²) in [4.78, 5) is 12.2. The number of nitrogens with one attached hydrogen (secondary N) is 1. The van der Waals surface area contributed by atoms with Gasteiger partial charge in [0.2, 0.25) is 0 Å². The molecule has 1 aliphatic rings. The van der Waals surface area contributed by atoms with E-state index in [4.69, 9.17) is 0 Å². The van der Waals surface area contributed by atoms with Crippen molar-refractivity contribution in [3.05, 3.63) is 40.8 Å². The summed E-state index contributed by atoms with van der Waals surface area (Å²) in [5, 5.41) is 2.82. The molecule has 0 aromatic heterocycles. The van der Waals surface area contributed by atoms with Crippen molar-refractivity contribution in [2.75, 3.05) is 12.3 Å². The quantitative estimate of drug-likeness (QED) is 0.709. The first-order chi connectivity index (χ1) is 6.86. The largest absolute Gasteiger partial charge is 0.351 e. The third kappa shape index (κ3) is 2.17. The van der Waals surface area contributed by atoms with Crippen LogP contribution >= 0.6 is 11.8 Å². The van der Waals surface area contributed by atoms with Crippen molar-refractivity contribution in [3.8, 4) is 0 Å².